The summed E-state index contributed by atoms with van der Waals surface area (Å²) in [4.78, 5) is 14.2. The highest BCUT2D eigenvalue weighted by Crippen LogP contribution is 3.02. The van der Waals surface area contributed by atoms with E-state index in [-0.39, 0.29) is 23.3 Å². The van der Waals surface area contributed by atoms with E-state index in [9.17, 15) is 28.4 Å². The fourth-order valence-corrected chi connectivity index (χ4v) is 6.29. The molecule has 2 heterocycles. The first-order valence-electron chi connectivity index (χ1n) is 11.5. The van der Waals surface area contributed by atoms with Gasteiger partial charge in [-0.25, -0.2) is 13.3 Å². The molecular weight excluding hydrogens is 549 g/mol. The predicted molar refractivity (Wildman–Crippen MR) is 138 cm³/mol. The Bertz CT molecular complexity index is 1420. The second-order valence-electron chi connectivity index (χ2n) is 8.90. The second kappa shape index (κ2) is 9.20. The summed E-state index contributed by atoms with van der Waals surface area (Å²) < 4.78 is 88.0. The molecule has 1 aromatic heterocycles. The Balaban J connectivity index is 1.37. The lowest BCUT2D eigenvalue weighted by molar-refractivity contribution is 0.0958. The van der Waals surface area contributed by atoms with Crippen molar-refractivity contribution in [2.24, 2.45) is 0 Å². The third kappa shape index (κ3) is 6.25. The van der Waals surface area contributed by atoms with Crippen LogP contribution >= 0.6 is 10.2 Å². The van der Waals surface area contributed by atoms with Crippen LogP contribution in [0.2, 0.25) is 0 Å². The lowest BCUT2D eigenvalue weighted by Crippen LogP contribution is -2.41. The molecule has 0 saturated carbocycles. The van der Waals surface area contributed by atoms with Gasteiger partial charge in [0, 0.05) is 43.6 Å². The zero-order chi connectivity index (χ0) is 27.8. The van der Waals surface area contributed by atoms with E-state index in [1.54, 1.807) is 46.9 Å². The van der Waals surface area contributed by atoms with Crippen LogP contribution in [0.15, 0.2) is 76.7 Å². The van der Waals surface area contributed by atoms with Crippen molar-refractivity contribution >= 4 is 31.7 Å². The molecule has 1 amide bonds. The van der Waals surface area contributed by atoms with Crippen LogP contribution in [-0.4, -0.2) is 45.6 Å². The van der Waals surface area contributed by atoms with Gasteiger partial charge in [-0.1, -0.05) is 37.6 Å². The molecule has 7 nitrogen and oxygen atoms in total. The number of hydrogen-bond donors (Lipinski definition) is 3. The van der Waals surface area contributed by atoms with E-state index in [2.05, 4.69) is 15.6 Å². The van der Waals surface area contributed by atoms with Gasteiger partial charge in [0.2, 0.25) is 0 Å². The number of pyridine rings is 1. The average molecular weight is 576 g/mol. The van der Waals surface area contributed by atoms with Gasteiger partial charge in [-0.2, -0.15) is 0 Å². The number of benzene rings is 2. The molecule has 1 atom stereocenters. The van der Waals surface area contributed by atoms with Crippen molar-refractivity contribution in [2.45, 2.75) is 28.7 Å². The largest absolute Gasteiger partial charge is 0.382 e. The van der Waals surface area contributed by atoms with Gasteiger partial charge in [0.1, 0.15) is 20.5 Å². The van der Waals surface area contributed by atoms with Gasteiger partial charge in [0.15, 0.2) is 0 Å². The minimum Gasteiger partial charge on any atom is -0.382 e. The summed E-state index contributed by atoms with van der Waals surface area (Å²) in [5.74, 6) is -0.301. The number of nitrogens with zero attached hydrogens (tertiary/aromatic N) is 2. The molecule has 0 radical (unpaired) electrons. The van der Waals surface area contributed by atoms with Crippen molar-refractivity contribution in [2.75, 3.05) is 25.5 Å². The molecule has 1 saturated heterocycles. The number of anilines is 1. The van der Waals surface area contributed by atoms with E-state index in [1.807, 2.05) is 0 Å². The zero-order valence-corrected chi connectivity index (χ0v) is 21.8. The Labute approximate surface area is 217 Å². The number of halogens is 5. The van der Waals surface area contributed by atoms with Crippen molar-refractivity contribution < 1.29 is 28.4 Å². The number of piperidine rings is 1. The molecular formula is C24H26F5N5O2S2. The first kappa shape index (κ1) is 27.8. The molecule has 2 aromatic carbocycles. The van der Waals surface area contributed by atoms with Crippen molar-refractivity contribution in [3.05, 3.63) is 72.6 Å². The monoisotopic (exact) mass is 575 g/mol. The van der Waals surface area contributed by atoms with Gasteiger partial charge >= 0.3 is 10.2 Å². The Morgan fingerprint density at radius 1 is 0.947 bits per heavy atom. The average Bonchev–Trinajstić information content (AvgIpc) is 2.88. The lowest BCUT2D eigenvalue weighted by Gasteiger charge is -2.40. The molecule has 14 heteroatoms. The molecule has 1 unspecified atom stereocenters. The number of carbonyl (C=O) groups excluding carboxylic acids is 1. The van der Waals surface area contributed by atoms with E-state index in [4.69, 9.17) is 4.78 Å². The number of aromatic nitrogens is 1. The summed E-state index contributed by atoms with van der Waals surface area (Å²) in [6.45, 7) is 0.604. The van der Waals surface area contributed by atoms with Crippen molar-refractivity contribution in [1.82, 2.24) is 14.6 Å². The Hall–Kier alpha value is -3.23. The summed E-state index contributed by atoms with van der Waals surface area (Å²) >= 11 is 0. The summed E-state index contributed by atoms with van der Waals surface area (Å²) in [5.41, 5.74) is 2.08. The second-order valence-corrected chi connectivity index (χ2v) is 13.4. The summed E-state index contributed by atoms with van der Waals surface area (Å²) in [5, 5.41) is 5.52. The smallest absolute Gasteiger partial charge is 0.310 e. The van der Waals surface area contributed by atoms with Gasteiger partial charge in [0.25, 0.3) is 5.91 Å². The summed E-state index contributed by atoms with van der Waals surface area (Å²) in [7, 11) is -11.5. The quantitative estimate of drug-likeness (QED) is 0.274. The van der Waals surface area contributed by atoms with E-state index in [0.717, 1.165) is 23.3 Å². The van der Waals surface area contributed by atoms with Crippen LogP contribution in [0.25, 0.3) is 11.1 Å². The third-order valence-corrected chi connectivity index (χ3v) is 9.38. The Morgan fingerprint density at radius 2 is 1.53 bits per heavy atom. The maximum absolute atomic E-state index is 13.3. The van der Waals surface area contributed by atoms with Crippen LogP contribution in [-0.2, 0) is 9.92 Å². The van der Waals surface area contributed by atoms with E-state index in [0.29, 0.717) is 43.0 Å². The number of nitrogens with one attached hydrogen (secondary N) is 3. The molecule has 3 aromatic rings. The van der Waals surface area contributed by atoms with Gasteiger partial charge in [-0.15, -0.1) is 0 Å². The van der Waals surface area contributed by atoms with E-state index < -0.39 is 25.0 Å². The highest BCUT2D eigenvalue weighted by atomic mass is 32.5. The molecule has 38 heavy (non-hydrogen) atoms. The summed E-state index contributed by atoms with van der Waals surface area (Å²) in [6, 6.07) is 12.5. The highest BCUT2D eigenvalue weighted by molar-refractivity contribution is 8.45. The molecule has 0 spiro atoms. The molecule has 0 bridgehead atoms. The highest BCUT2D eigenvalue weighted by Gasteiger charge is 2.65. The van der Waals surface area contributed by atoms with Crippen molar-refractivity contribution in [3.8, 4) is 11.1 Å². The Morgan fingerprint density at radius 3 is 2.03 bits per heavy atom. The predicted octanol–water partition coefficient (Wildman–Crippen LogP) is 6.66. The first-order chi connectivity index (χ1) is 17.6. The Kier molecular flexibility index (Phi) is 6.73. The van der Waals surface area contributed by atoms with E-state index >= 15 is 0 Å². The zero-order valence-electron chi connectivity index (χ0n) is 20.2. The molecule has 206 valence electrons. The SMILES string of the molecule is CNC(=O)c1ccc(-c2ccc(S(=N)(=O)N3CCC(Nc4ccc(S(F)(F)(F)(F)F)cc4)CC3)cc2)cn1. The third-order valence-electron chi connectivity index (χ3n) is 6.22. The van der Waals surface area contributed by atoms with Crippen molar-refractivity contribution in [3.63, 3.8) is 0 Å². The van der Waals surface area contributed by atoms with Crippen LogP contribution < -0.4 is 10.6 Å². The van der Waals surface area contributed by atoms with Gasteiger partial charge in [-0.05, 0) is 60.9 Å². The van der Waals surface area contributed by atoms with Gasteiger partial charge in [-0.3, -0.25) is 9.78 Å². The molecule has 4 rings (SSSR count). The van der Waals surface area contributed by atoms with Gasteiger partial charge < -0.3 is 10.6 Å². The van der Waals surface area contributed by atoms with Gasteiger partial charge in [0.05, 0.1) is 4.90 Å². The first-order valence-corrected chi connectivity index (χ1v) is 15.0. The maximum Gasteiger partial charge on any atom is 0.310 e. The van der Waals surface area contributed by atoms with Crippen LogP contribution in [0.5, 0.6) is 0 Å². The van der Waals surface area contributed by atoms with Crippen LogP contribution in [0, 0.1) is 4.78 Å². The lowest BCUT2D eigenvalue weighted by atomic mass is 10.1. The fourth-order valence-electron chi connectivity index (χ4n) is 4.11. The fraction of sp³-hybridized carbons (Fsp3) is 0.250. The molecule has 1 aliphatic rings. The molecule has 0 aliphatic carbocycles. The number of amides is 1. The molecule has 1 aliphatic heterocycles. The minimum atomic E-state index is -9.72. The minimum absolute atomic E-state index is 0.181. The van der Waals surface area contributed by atoms with E-state index in [1.165, 1.54) is 7.05 Å². The molecule has 1 fully saturated rings. The van der Waals surface area contributed by atoms with Crippen LogP contribution in [0.1, 0.15) is 23.3 Å². The number of hydrogen-bond acceptors (Lipinski definition) is 5. The maximum atomic E-state index is 13.3. The standard InChI is InChI=1S/C24H26F5N5O2S2/c1-31-24(35)23-11-4-18(16-32-23)17-2-7-21(8-3-17)37(30,36)34-14-12-20(13-15-34)33-19-5-9-22(10-6-19)38(25,26,27,28)29/h2-11,16,20,30,33H,12-15H2,1H3,(H,31,35). The summed E-state index contributed by atoms with van der Waals surface area (Å²) in [6.07, 6.45) is 2.47. The van der Waals surface area contributed by atoms with Crippen LogP contribution in [0.3, 0.4) is 0 Å². The topological polar surface area (TPSA) is 98.2 Å². The molecule has 3 N–H and O–H groups in total. The normalized spacial score (nSPS) is 18.6. The number of carbonyl (C=O) groups is 1. The number of rotatable bonds is 7. The van der Waals surface area contributed by atoms with Crippen molar-refractivity contribution in [1.29, 1.82) is 4.78 Å². The van der Waals surface area contributed by atoms with Crippen LogP contribution in [0.4, 0.5) is 25.1 Å².